The van der Waals surface area contributed by atoms with Gasteiger partial charge in [0.15, 0.2) is 0 Å². The summed E-state index contributed by atoms with van der Waals surface area (Å²) < 4.78 is 32.6. The molecule has 5 rings (SSSR count). The van der Waals surface area contributed by atoms with Crippen molar-refractivity contribution in [2.75, 3.05) is 29.8 Å². The molecule has 0 aliphatic carbocycles. The smallest absolute Gasteiger partial charge is 0.296 e. The Morgan fingerprint density at radius 1 is 0.953 bits per heavy atom. The number of anilines is 2. The second kappa shape index (κ2) is 12.5. The van der Waals surface area contributed by atoms with Crippen molar-refractivity contribution in [3.05, 3.63) is 104 Å². The van der Waals surface area contributed by atoms with E-state index in [0.29, 0.717) is 17.9 Å². The lowest BCUT2D eigenvalue weighted by atomic mass is 10.1. The minimum absolute atomic E-state index is 0.0177. The molecule has 1 N–H and O–H groups in total. The van der Waals surface area contributed by atoms with Crippen LogP contribution in [-0.4, -0.2) is 48.7 Å². The number of hydrogen-bond donors (Lipinski definition) is 1. The van der Waals surface area contributed by atoms with Gasteiger partial charge in [-0.05, 0) is 62.1 Å². The SMILES string of the molecule is Cc1c(NS(=O)(=O)c2cc(C(=O)N(C)Cc3ccccc3N3CCCCC3)c(Cl)cc2Cl)c(=O)n(-c2ccccc2)n1C. The third-order valence-corrected chi connectivity index (χ3v) is 9.90. The van der Waals surface area contributed by atoms with Crippen molar-refractivity contribution < 1.29 is 13.2 Å². The summed E-state index contributed by atoms with van der Waals surface area (Å²) in [5, 5.41) is -0.156. The van der Waals surface area contributed by atoms with Crippen LogP contribution in [0.15, 0.2) is 76.4 Å². The molecule has 43 heavy (non-hydrogen) atoms. The van der Waals surface area contributed by atoms with Crippen molar-refractivity contribution in [3.63, 3.8) is 0 Å². The van der Waals surface area contributed by atoms with Gasteiger partial charge in [0.2, 0.25) is 0 Å². The summed E-state index contributed by atoms with van der Waals surface area (Å²) in [5.74, 6) is -0.464. The zero-order valence-corrected chi connectivity index (χ0v) is 26.5. The van der Waals surface area contributed by atoms with Gasteiger partial charge in [0.1, 0.15) is 10.6 Å². The maximum atomic E-state index is 13.6. The van der Waals surface area contributed by atoms with E-state index in [1.54, 1.807) is 50.0 Å². The quantitative estimate of drug-likeness (QED) is 0.260. The van der Waals surface area contributed by atoms with Gasteiger partial charge in [-0.25, -0.2) is 13.1 Å². The monoisotopic (exact) mass is 641 g/mol. The summed E-state index contributed by atoms with van der Waals surface area (Å²) in [5.41, 5.74) is 2.33. The number of nitrogens with one attached hydrogen (secondary N) is 1. The van der Waals surface area contributed by atoms with Crippen molar-refractivity contribution in [1.29, 1.82) is 0 Å². The van der Waals surface area contributed by atoms with Gasteiger partial charge < -0.3 is 9.80 Å². The molecule has 0 bridgehead atoms. The van der Waals surface area contributed by atoms with Crippen molar-refractivity contribution in [2.45, 2.75) is 37.6 Å². The Balaban J connectivity index is 1.44. The molecule has 1 fully saturated rings. The van der Waals surface area contributed by atoms with E-state index in [2.05, 4.69) is 15.7 Å². The zero-order valence-electron chi connectivity index (χ0n) is 24.2. The lowest BCUT2D eigenvalue weighted by Crippen LogP contribution is -2.32. The standard InChI is InChI=1S/C31H33Cl2N5O4S/c1-21-29(31(40)38(36(21)3)23-13-6-4-7-14-23)34-43(41,42)28-18-24(25(32)19-26(28)33)30(39)35(2)20-22-12-8-9-15-27(22)37-16-10-5-11-17-37/h4,6-9,12-15,18-19,34H,5,10-11,16-17,20H2,1-3H3. The van der Waals surface area contributed by atoms with Crippen LogP contribution in [-0.2, 0) is 23.6 Å². The third-order valence-electron chi connectivity index (χ3n) is 7.77. The Morgan fingerprint density at radius 3 is 2.30 bits per heavy atom. The first kappa shape index (κ1) is 30.7. The molecule has 2 heterocycles. The highest BCUT2D eigenvalue weighted by atomic mass is 35.5. The highest BCUT2D eigenvalue weighted by Gasteiger charge is 2.28. The van der Waals surface area contributed by atoms with Gasteiger partial charge in [0.25, 0.3) is 21.5 Å². The summed E-state index contributed by atoms with van der Waals surface area (Å²) in [6.07, 6.45) is 3.45. The number of carbonyl (C=O) groups excluding carboxylic acids is 1. The van der Waals surface area contributed by atoms with Gasteiger partial charge >= 0.3 is 0 Å². The molecule has 0 radical (unpaired) electrons. The van der Waals surface area contributed by atoms with Gasteiger partial charge in [-0.2, -0.15) is 0 Å². The summed E-state index contributed by atoms with van der Waals surface area (Å²) >= 11 is 12.8. The maximum absolute atomic E-state index is 13.6. The van der Waals surface area contributed by atoms with E-state index < -0.39 is 21.5 Å². The first-order valence-electron chi connectivity index (χ1n) is 13.9. The first-order chi connectivity index (χ1) is 20.5. The Hall–Kier alpha value is -3.73. The molecule has 1 saturated heterocycles. The van der Waals surface area contributed by atoms with Crippen LogP contribution in [0.4, 0.5) is 11.4 Å². The van der Waals surface area contributed by atoms with Gasteiger partial charge in [0, 0.05) is 39.4 Å². The normalized spacial score (nSPS) is 13.7. The fourth-order valence-electron chi connectivity index (χ4n) is 5.39. The molecule has 9 nitrogen and oxygen atoms in total. The van der Waals surface area contributed by atoms with E-state index in [4.69, 9.17) is 23.2 Å². The molecule has 0 spiro atoms. The molecule has 1 aromatic heterocycles. The van der Waals surface area contributed by atoms with Crippen LogP contribution < -0.4 is 15.2 Å². The Bertz CT molecular complexity index is 1830. The molecule has 0 atom stereocenters. The molecule has 1 amide bonds. The van der Waals surface area contributed by atoms with Crippen LogP contribution in [0.2, 0.25) is 10.0 Å². The van der Waals surface area contributed by atoms with Crippen LogP contribution in [0.3, 0.4) is 0 Å². The molecular formula is C31H33Cl2N5O4S. The fraction of sp³-hybridized carbons (Fsp3) is 0.290. The maximum Gasteiger partial charge on any atom is 0.296 e. The lowest BCUT2D eigenvalue weighted by molar-refractivity contribution is 0.0785. The molecule has 4 aromatic rings. The molecule has 226 valence electrons. The van der Waals surface area contributed by atoms with E-state index in [0.717, 1.165) is 43.2 Å². The number of nitrogens with zero attached hydrogens (tertiary/aromatic N) is 4. The summed E-state index contributed by atoms with van der Waals surface area (Å²) in [7, 11) is -1.09. The minimum atomic E-state index is -4.40. The number of halogens is 2. The Morgan fingerprint density at radius 2 is 1.60 bits per heavy atom. The summed E-state index contributed by atoms with van der Waals surface area (Å²) in [6, 6.07) is 19.2. The second-order valence-corrected chi connectivity index (χ2v) is 13.1. The molecule has 1 aliphatic heterocycles. The van der Waals surface area contributed by atoms with E-state index in [1.165, 1.54) is 22.1 Å². The number of rotatable bonds is 8. The number of amides is 1. The van der Waals surface area contributed by atoms with E-state index >= 15 is 0 Å². The third kappa shape index (κ3) is 6.18. The van der Waals surface area contributed by atoms with Gasteiger partial charge in [0.05, 0.1) is 27.0 Å². The molecule has 0 unspecified atom stereocenters. The predicted molar refractivity (Wildman–Crippen MR) is 171 cm³/mol. The summed E-state index contributed by atoms with van der Waals surface area (Å²) in [6.45, 7) is 3.85. The number of sulfonamides is 1. The van der Waals surface area contributed by atoms with E-state index in [-0.39, 0.29) is 26.2 Å². The first-order valence-corrected chi connectivity index (χ1v) is 16.2. The number of hydrogen-bond acceptors (Lipinski definition) is 5. The van der Waals surface area contributed by atoms with Crippen LogP contribution in [0.5, 0.6) is 0 Å². The van der Waals surface area contributed by atoms with Crippen LogP contribution in [0.1, 0.15) is 40.9 Å². The molecule has 1 aliphatic rings. The number of aromatic nitrogens is 2. The molecule has 3 aromatic carbocycles. The fourth-order valence-corrected chi connectivity index (χ4v) is 7.37. The minimum Gasteiger partial charge on any atom is -0.371 e. The molecule has 0 saturated carbocycles. The number of benzene rings is 3. The topological polar surface area (TPSA) is 96.7 Å². The van der Waals surface area contributed by atoms with Crippen LogP contribution in [0, 0.1) is 6.92 Å². The Kier molecular flexibility index (Phi) is 8.91. The lowest BCUT2D eigenvalue weighted by Gasteiger charge is -2.31. The summed E-state index contributed by atoms with van der Waals surface area (Å²) in [4.78, 5) is 30.4. The highest BCUT2D eigenvalue weighted by molar-refractivity contribution is 7.92. The van der Waals surface area contributed by atoms with Crippen LogP contribution >= 0.6 is 23.2 Å². The molecular weight excluding hydrogens is 609 g/mol. The van der Waals surface area contributed by atoms with Crippen molar-refractivity contribution in [3.8, 4) is 5.69 Å². The Labute approximate surface area is 261 Å². The predicted octanol–water partition coefficient (Wildman–Crippen LogP) is 5.85. The second-order valence-electron chi connectivity index (χ2n) is 10.6. The number of para-hydroxylation sites is 2. The average molecular weight is 643 g/mol. The number of piperidine rings is 1. The number of carbonyl (C=O) groups is 1. The van der Waals surface area contributed by atoms with Crippen LogP contribution in [0.25, 0.3) is 5.69 Å². The van der Waals surface area contributed by atoms with E-state index in [9.17, 15) is 18.0 Å². The van der Waals surface area contributed by atoms with Crippen molar-refractivity contribution >= 4 is 50.5 Å². The van der Waals surface area contributed by atoms with Gasteiger partial charge in [-0.3, -0.25) is 19.0 Å². The largest absolute Gasteiger partial charge is 0.371 e. The zero-order chi connectivity index (χ0) is 30.9. The van der Waals surface area contributed by atoms with E-state index in [1.807, 2.05) is 24.3 Å². The van der Waals surface area contributed by atoms with Gasteiger partial charge in [-0.1, -0.05) is 59.6 Å². The molecule has 12 heteroatoms. The van der Waals surface area contributed by atoms with Crippen molar-refractivity contribution in [2.24, 2.45) is 7.05 Å². The van der Waals surface area contributed by atoms with Gasteiger partial charge in [-0.15, -0.1) is 0 Å². The average Bonchev–Trinajstić information content (AvgIpc) is 3.20. The van der Waals surface area contributed by atoms with Crippen molar-refractivity contribution in [1.82, 2.24) is 14.3 Å². The highest BCUT2D eigenvalue weighted by Crippen LogP contribution is 2.32.